The first-order valence-electron chi connectivity index (χ1n) is 6.50. The van der Waals surface area contributed by atoms with Crippen LogP contribution in [0, 0.1) is 0 Å². The lowest BCUT2D eigenvalue weighted by atomic mass is 9.97. The summed E-state index contributed by atoms with van der Waals surface area (Å²) in [6.07, 6.45) is 0. The number of rotatable bonds is 2. The first-order chi connectivity index (χ1) is 10.2. The van der Waals surface area contributed by atoms with Crippen LogP contribution in [-0.2, 0) is 0 Å². The number of phenolic OH excluding ortho intramolecular Hbond substituents is 1. The fraction of sp³-hybridized carbons (Fsp3) is 0. The minimum Gasteiger partial charge on any atom is -0.507 e. The summed E-state index contributed by atoms with van der Waals surface area (Å²) in [6.45, 7) is 0. The molecule has 3 heteroatoms. The maximum atomic E-state index is 10.7. The molecular weight excluding hydrogens is 303 g/mol. The molecule has 0 spiro atoms. The van der Waals surface area contributed by atoms with E-state index in [4.69, 9.17) is 23.2 Å². The van der Waals surface area contributed by atoms with Gasteiger partial charge in [-0.15, -0.1) is 0 Å². The third kappa shape index (κ3) is 2.63. The topological polar surface area (TPSA) is 20.2 Å². The molecule has 1 N–H and O–H groups in total. The largest absolute Gasteiger partial charge is 0.507 e. The van der Waals surface area contributed by atoms with Crippen LogP contribution in [0.1, 0.15) is 0 Å². The Hall–Kier alpha value is -1.96. The van der Waals surface area contributed by atoms with Gasteiger partial charge in [-0.25, -0.2) is 0 Å². The van der Waals surface area contributed by atoms with Gasteiger partial charge in [0.25, 0.3) is 0 Å². The van der Waals surface area contributed by atoms with Crippen molar-refractivity contribution in [3.63, 3.8) is 0 Å². The molecule has 0 aliphatic rings. The van der Waals surface area contributed by atoms with Crippen molar-refractivity contribution in [1.82, 2.24) is 0 Å². The van der Waals surface area contributed by atoms with E-state index in [1.54, 1.807) is 6.07 Å². The molecule has 3 aromatic carbocycles. The highest BCUT2D eigenvalue weighted by Crippen LogP contribution is 2.46. The molecule has 0 unspecified atom stereocenters. The van der Waals surface area contributed by atoms with Gasteiger partial charge < -0.3 is 5.11 Å². The first kappa shape index (κ1) is 14.0. The van der Waals surface area contributed by atoms with Crippen LogP contribution >= 0.6 is 23.2 Å². The maximum Gasteiger partial charge on any atom is 0.134 e. The summed E-state index contributed by atoms with van der Waals surface area (Å²) < 4.78 is 0. The smallest absolute Gasteiger partial charge is 0.134 e. The lowest BCUT2D eigenvalue weighted by Crippen LogP contribution is -1.87. The van der Waals surface area contributed by atoms with Crippen molar-refractivity contribution in [3.05, 3.63) is 76.8 Å². The van der Waals surface area contributed by atoms with E-state index in [-0.39, 0.29) is 5.75 Å². The molecule has 3 rings (SSSR count). The summed E-state index contributed by atoms with van der Waals surface area (Å²) in [5, 5.41) is 11.6. The summed E-state index contributed by atoms with van der Waals surface area (Å²) in [4.78, 5) is 0. The van der Waals surface area contributed by atoms with Gasteiger partial charge >= 0.3 is 0 Å². The summed E-state index contributed by atoms with van der Waals surface area (Å²) in [6, 6.07) is 20.8. The van der Waals surface area contributed by atoms with E-state index >= 15 is 0 Å². The van der Waals surface area contributed by atoms with Gasteiger partial charge in [0, 0.05) is 11.1 Å². The Bertz CT molecular complexity index is 704. The molecule has 0 aromatic heterocycles. The number of benzene rings is 3. The molecule has 0 radical (unpaired) electrons. The Morgan fingerprint density at radius 1 is 0.619 bits per heavy atom. The molecule has 0 amide bonds. The molecule has 0 aliphatic heterocycles. The van der Waals surface area contributed by atoms with Gasteiger partial charge in [0.05, 0.1) is 10.0 Å². The predicted octanol–water partition coefficient (Wildman–Crippen LogP) is 6.03. The van der Waals surface area contributed by atoms with Crippen LogP contribution in [0.25, 0.3) is 22.3 Å². The molecule has 1 nitrogen and oxygen atoms in total. The summed E-state index contributed by atoms with van der Waals surface area (Å²) in [5.74, 6) is 0.102. The van der Waals surface area contributed by atoms with Crippen LogP contribution in [-0.4, -0.2) is 5.11 Å². The Labute approximate surface area is 133 Å². The third-order valence-electron chi connectivity index (χ3n) is 3.33. The quantitative estimate of drug-likeness (QED) is 0.612. The highest BCUT2D eigenvalue weighted by Gasteiger charge is 2.18. The van der Waals surface area contributed by atoms with Crippen molar-refractivity contribution in [2.75, 3.05) is 0 Å². The number of hydrogen-bond donors (Lipinski definition) is 1. The molecule has 0 bridgehead atoms. The zero-order valence-corrected chi connectivity index (χ0v) is 12.6. The predicted molar refractivity (Wildman–Crippen MR) is 89.0 cm³/mol. The highest BCUT2D eigenvalue weighted by molar-refractivity contribution is 6.38. The van der Waals surface area contributed by atoms with Crippen LogP contribution in [0.15, 0.2) is 66.7 Å². The molecule has 21 heavy (non-hydrogen) atoms. The Kier molecular flexibility index (Phi) is 3.87. The van der Waals surface area contributed by atoms with Crippen LogP contribution in [0.3, 0.4) is 0 Å². The molecule has 0 saturated heterocycles. The van der Waals surface area contributed by atoms with Crippen molar-refractivity contribution in [2.45, 2.75) is 0 Å². The van der Waals surface area contributed by atoms with Crippen LogP contribution < -0.4 is 0 Å². The number of hydrogen-bond acceptors (Lipinski definition) is 1. The van der Waals surface area contributed by atoms with E-state index in [1.165, 1.54) is 0 Å². The molecule has 0 heterocycles. The monoisotopic (exact) mass is 314 g/mol. The molecule has 0 fully saturated rings. The highest BCUT2D eigenvalue weighted by atomic mass is 35.5. The molecular formula is C18H12Cl2O. The summed E-state index contributed by atoms with van der Waals surface area (Å²) >= 11 is 12.6. The summed E-state index contributed by atoms with van der Waals surface area (Å²) in [7, 11) is 0. The van der Waals surface area contributed by atoms with Crippen molar-refractivity contribution < 1.29 is 5.11 Å². The van der Waals surface area contributed by atoms with Gasteiger partial charge in [0.2, 0.25) is 0 Å². The molecule has 3 aromatic rings. The minimum atomic E-state index is 0.102. The zero-order valence-electron chi connectivity index (χ0n) is 11.1. The molecule has 0 saturated carbocycles. The Morgan fingerprint density at radius 3 is 1.38 bits per heavy atom. The van der Waals surface area contributed by atoms with Crippen LogP contribution in [0.4, 0.5) is 0 Å². The number of phenols is 1. The Balaban J connectivity index is 2.29. The van der Waals surface area contributed by atoms with Gasteiger partial charge in [-0.05, 0) is 17.2 Å². The van der Waals surface area contributed by atoms with Crippen molar-refractivity contribution >= 4 is 23.2 Å². The molecule has 0 aliphatic carbocycles. The zero-order chi connectivity index (χ0) is 14.8. The SMILES string of the molecule is Oc1c(-c2ccccc2)c(Cl)cc(Cl)c1-c1ccccc1. The second-order valence-corrected chi connectivity index (χ2v) is 5.49. The van der Waals surface area contributed by atoms with E-state index in [9.17, 15) is 5.11 Å². The van der Waals surface area contributed by atoms with E-state index in [0.29, 0.717) is 21.2 Å². The second kappa shape index (κ2) is 5.80. The maximum absolute atomic E-state index is 10.7. The molecule has 0 atom stereocenters. The fourth-order valence-electron chi connectivity index (χ4n) is 2.37. The van der Waals surface area contributed by atoms with Gasteiger partial charge in [-0.2, -0.15) is 0 Å². The van der Waals surface area contributed by atoms with Gasteiger partial charge in [-0.1, -0.05) is 83.9 Å². The van der Waals surface area contributed by atoms with Crippen molar-refractivity contribution in [2.24, 2.45) is 0 Å². The van der Waals surface area contributed by atoms with Gasteiger partial charge in [0.1, 0.15) is 5.75 Å². The normalized spacial score (nSPS) is 10.6. The van der Waals surface area contributed by atoms with E-state index < -0.39 is 0 Å². The van der Waals surface area contributed by atoms with E-state index in [2.05, 4.69) is 0 Å². The standard InChI is InChI=1S/C18H12Cl2O/c19-14-11-15(20)17(13-9-5-2-6-10-13)18(21)16(14)12-7-3-1-4-8-12/h1-11,21H. The fourth-order valence-corrected chi connectivity index (χ4v) is 3.04. The van der Waals surface area contributed by atoms with E-state index in [1.807, 2.05) is 60.7 Å². The minimum absolute atomic E-state index is 0.102. The van der Waals surface area contributed by atoms with Crippen molar-refractivity contribution in [1.29, 1.82) is 0 Å². The lowest BCUT2D eigenvalue weighted by Gasteiger charge is -2.14. The first-order valence-corrected chi connectivity index (χ1v) is 7.26. The average Bonchev–Trinajstić information content (AvgIpc) is 2.49. The number of aromatic hydroxyl groups is 1. The van der Waals surface area contributed by atoms with Gasteiger partial charge in [-0.3, -0.25) is 0 Å². The second-order valence-electron chi connectivity index (χ2n) is 4.67. The van der Waals surface area contributed by atoms with Gasteiger partial charge in [0.15, 0.2) is 0 Å². The van der Waals surface area contributed by atoms with Crippen molar-refractivity contribution in [3.8, 4) is 28.0 Å². The Morgan fingerprint density at radius 2 is 1.00 bits per heavy atom. The van der Waals surface area contributed by atoms with Crippen LogP contribution in [0.5, 0.6) is 5.75 Å². The molecule has 104 valence electrons. The summed E-state index contributed by atoms with van der Waals surface area (Å²) in [5.41, 5.74) is 2.91. The van der Waals surface area contributed by atoms with Crippen LogP contribution in [0.2, 0.25) is 10.0 Å². The number of halogens is 2. The average molecular weight is 315 g/mol. The third-order valence-corrected chi connectivity index (χ3v) is 3.93. The lowest BCUT2D eigenvalue weighted by molar-refractivity contribution is 0.479. The van der Waals surface area contributed by atoms with E-state index in [0.717, 1.165) is 11.1 Å².